The molecule has 3 N–H and O–H groups in total. The molecule has 1 aliphatic carbocycles. The van der Waals surface area contributed by atoms with Gasteiger partial charge in [0.05, 0.1) is 18.1 Å². The molecule has 6 heteroatoms. The monoisotopic (exact) mass is 259 g/mol. The summed E-state index contributed by atoms with van der Waals surface area (Å²) in [5.41, 5.74) is -0.615. The Bertz CT molecular complexity index is 323. The van der Waals surface area contributed by atoms with Crippen LogP contribution < -0.4 is 5.32 Å². The largest absolute Gasteiger partial charge is 0.481 e. The number of aliphatic carboxylic acids is 1. The molecule has 104 valence electrons. The van der Waals surface area contributed by atoms with Gasteiger partial charge in [-0.25, -0.2) is 4.79 Å². The van der Waals surface area contributed by atoms with Gasteiger partial charge in [-0.3, -0.25) is 4.79 Å². The highest BCUT2D eigenvalue weighted by Gasteiger charge is 2.34. The predicted molar refractivity (Wildman–Crippen MR) is 64.1 cm³/mol. The van der Waals surface area contributed by atoms with Gasteiger partial charge in [0.25, 0.3) is 0 Å². The molecule has 1 amide bonds. The number of carboxylic acids is 1. The zero-order valence-electron chi connectivity index (χ0n) is 11.0. The third-order valence-corrected chi connectivity index (χ3v) is 2.87. The molecule has 1 rings (SSSR count). The Labute approximate surface area is 106 Å². The molecule has 0 aliphatic heterocycles. The first-order chi connectivity index (χ1) is 8.19. The molecule has 18 heavy (non-hydrogen) atoms. The lowest BCUT2D eigenvalue weighted by Crippen LogP contribution is -2.49. The van der Waals surface area contributed by atoms with Crippen molar-refractivity contribution in [2.75, 3.05) is 0 Å². The van der Waals surface area contributed by atoms with E-state index in [1.807, 2.05) is 0 Å². The van der Waals surface area contributed by atoms with Crippen LogP contribution in [0.15, 0.2) is 0 Å². The number of amides is 1. The molecular formula is C12H21NO5. The summed E-state index contributed by atoms with van der Waals surface area (Å²) < 4.78 is 5.08. The average Bonchev–Trinajstić information content (AvgIpc) is 2.18. The third-order valence-electron chi connectivity index (χ3n) is 2.87. The van der Waals surface area contributed by atoms with Crippen molar-refractivity contribution in [2.24, 2.45) is 5.92 Å². The number of hydrogen-bond acceptors (Lipinski definition) is 4. The quantitative estimate of drug-likeness (QED) is 0.690. The predicted octanol–water partition coefficient (Wildman–Crippen LogP) is 1.13. The van der Waals surface area contributed by atoms with Gasteiger partial charge in [-0.2, -0.15) is 0 Å². The number of rotatable bonds is 2. The molecule has 1 fully saturated rings. The highest BCUT2D eigenvalue weighted by Crippen LogP contribution is 2.25. The van der Waals surface area contributed by atoms with E-state index in [1.54, 1.807) is 20.8 Å². The highest BCUT2D eigenvalue weighted by atomic mass is 16.6. The number of carbonyl (C=O) groups is 2. The van der Waals surface area contributed by atoms with Crippen LogP contribution in [0, 0.1) is 5.92 Å². The van der Waals surface area contributed by atoms with Crippen molar-refractivity contribution in [3.63, 3.8) is 0 Å². The van der Waals surface area contributed by atoms with E-state index in [4.69, 9.17) is 9.84 Å². The van der Waals surface area contributed by atoms with Crippen LogP contribution in [0.4, 0.5) is 4.79 Å². The maximum atomic E-state index is 11.6. The number of aliphatic hydroxyl groups excluding tert-OH is 1. The van der Waals surface area contributed by atoms with Gasteiger partial charge in [0.2, 0.25) is 0 Å². The maximum Gasteiger partial charge on any atom is 0.407 e. The Hall–Kier alpha value is -1.30. The molecule has 6 nitrogen and oxygen atoms in total. The molecule has 0 bridgehead atoms. The van der Waals surface area contributed by atoms with E-state index in [9.17, 15) is 14.7 Å². The topological polar surface area (TPSA) is 95.9 Å². The van der Waals surface area contributed by atoms with Crippen molar-refractivity contribution in [3.05, 3.63) is 0 Å². The van der Waals surface area contributed by atoms with Crippen molar-refractivity contribution in [1.29, 1.82) is 0 Å². The van der Waals surface area contributed by atoms with Crippen LogP contribution >= 0.6 is 0 Å². The average molecular weight is 259 g/mol. The van der Waals surface area contributed by atoms with Gasteiger partial charge in [0.1, 0.15) is 5.60 Å². The first-order valence-electron chi connectivity index (χ1n) is 6.09. The van der Waals surface area contributed by atoms with Gasteiger partial charge < -0.3 is 20.3 Å². The van der Waals surface area contributed by atoms with Gasteiger partial charge in [0, 0.05) is 0 Å². The van der Waals surface area contributed by atoms with Crippen molar-refractivity contribution in [1.82, 2.24) is 5.32 Å². The lowest BCUT2D eigenvalue weighted by atomic mass is 9.84. The number of ether oxygens (including phenoxy) is 1. The van der Waals surface area contributed by atoms with Crippen LogP contribution in [0.1, 0.15) is 40.0 Å². The van der Waals surface area contributed by atoms with Gasteiger partial charge in [-0.15, -0.1) is 0 Å². The summed E-state index contributed by atoms with van der Waals surface area (Å²) in [6.07, 6.45) is -0.304. The number of carbonyl (C=O) groups excluding carboxylic acids is 1. The molecule has 0 spiro atoms. The van der Waals surface area contributed by atoms with Crippen LogP contribution in [-0.2, 0) is 9.53 Å². The van der Waals surface area contributed by atoms with E-state index in [0.29, 0.717) is 12.8 Å². The summed E-state index contributed by atoms with van der Waals surface area (Å²) in [6, 6.07) is -0.560. The fourth-order valence-corrected chi connectivity index (χ4v) is 1.99. The van der Waals surface area contributed by atoms with Crippen molar-refractivity contribution >= 4 is 12.1 Å². The molecule has 2 unspecified atom stereocenters. The number of alkyl carbamates (subject to hydrolysis) is 1. The van der Waals surface area contributed by atoms with Crippen LogP contribution in [0.2, 0.25) is 0 Å². The fourth-order valence-electron chi connectivity index (χ4n) is 1.99. The second kappa shape index (κ2) is 5.56. The van der Waals surface area contributed by atoms with Crippen LogP contribution in [0.3, 0.4) is 0 Å². The SMILES string of the molecule is CC(C)(C)OC(=O)NC1CC(C(=O)O)CC[C@@H]1O. The standard InChI is InChI=1S/C12H21NO5/c1-12(2,3)18-11(17)13-8-6-7(10(15)16)4-5-9(8)14/h7-9,14H,4-6H2,1-3H3,(H,13,17)(H,15,16)/t7?,8?,9-/m0/s1. The summed E-state index contributed by atoms with van der Waals surface area (Å²) in [5.74, 6) is -1.41. The van der Waals surface area contributed by atoms with E-state index in [-0.39, 0.29) is 6.42 Å². The Morgan fingerprint density at radius 3 is 2.39 bits per heavy atom. The molecule has 3 atom stereocenters. The van der Waals surface area contributed by atoms with E-state index >= 15 is 0 Å². The Morgan fingerprint density at radius 1 is 1.28 bits per heavy atom. The minimum Gasteiger partial charge on any atom is -0.481 e. The molecule has 0 aromatic rings. The third kappa shape index (κ3) is 4.52. The molecule has 0 radical (unpaired) electrons. The van der Waals surface area contributed by atoms with E-state index in [1.165, 1.54) is 0 Å². The van der Waals surface area contributed by atoms with Crippen LogP contribution in [0.5, 0.6) is 0 Å². The van der Waals surface area contributed by atoms with Gasteiger partial charge in [-0.1, -0.05) is 0 Å². The minimum atomic E-state index is -0.891. The van der Waals surface area contributed by atoms with Crippen molar-refractivity contribution in [2.45, 2.75) is 57.8 Å². The Kier molecular flexibility index (Phi) is 4.56. The number of hydrogen-bond donors (Lipinski definition) is 3. The Balaban J connectivity index is 2.53. The summed E-state index contributed by atoms with van der Waals surface area (Å²) >= 11 is 0. The smallest absolute Gasteiger partial charge is 0.407 e. The van der Waals surface area contributed by atoms with Crippen LogP contribution in [0.25, 0.3) is 0 Å². The number of nitrogens with one attached hydrogen (secondary N) is 1. The maximum absolute atomic E-state index is 11.6. The zero-order chi connectivity index (χ0) is 13.9. The van der Waals surface area contributed by atoms with E-state index < -0.39 is 35.7 Å². The van der Waals surface area contributed by atoms with Crippen LogP contribution in [-0.4, -0.2) is 40.0 Å². The van der Waals surface area contributed by atoms with Gasteiger partial charge in [-0.05, 0) is 40.0 Å². The minimum absolute atomic E-state index is 0.232. The second-order valence-corrected chi connectivity index (χ2v) is 5.67. The molecular weight excluding hydrogens is 238 g/mol. The summed E-state index contributed by atoms with van der Waals surface area (Å²) in [4.78, 5) is 22.5. The molecule has 0 saturated heterocycles. The summed E-state index contributed by atoms with van der Waals surface area (Å²) in [7, 11) is 0. The van der Waals surface area contributed by atoms with Crippen molar-refractivity contribution < 1.29 is 24.5 Å². The normalized spacial score (nSPS) is 28.6. The second-order valence-electron chi connectivity index (χ2n) is 5.67. The molecule has 0 heterocycles. The first kappa shape index (κ1) is 14.8. The highest BCUT2D eigenvalue weighted by molar-refractivity contribution is 5.71. The van der Waals surface area contributed by atoms with Gasteiger partial charge >= 0.3 is 12.1 Å². The molecule has 0 aromatic heterocycles. The van der Waals surface area contributed by atoms with E-state index in [0.717, 1.165) is 0 Å². The van der Waals surface area contributed by atoms with E-state index in [2.05, 4.69) is 5.32 Å². The summed E-state index contributed by atoms with van der Waals surface area (Å²) in [6.45, 7) is 5.22. The Morgan fingerprint density at radius 2 is 1.89 bits per heavy atom. The molecule has 1 saturated carbocycles. The summed E-state index contributed by atoms with van der Waals surface area (Å²) in [5, 5.41) is 21.2. The van der Waals surface area contributed by atoms with Crippen molar-refractivity contribution in [3.8, 4) is 0 Å². The molecule has 1 aliphatic rings. The number of carboxylic acid groups (broad SMARTS) is 1. The fraction of sp³-hybridized carbons (Fsp3) is 0.833. The zero-order valence-corrected chi connectivity index (χ0v) is 11.0. The first-order valence-corrected chi connectivity index (χ1v) is 6.09. The lowest BCUT2D eigenvalue weighted by molar-refractivity contribution is -0.144. The van der Waals surface area contributed by atoms with Gasteiger partial charge in [0.15, 0.2) is 0 Å². The lowest BCUT2D eigenvalue weighted by Gasteiger charge is -2.32. The number of aliphatic hydroxyl groups is 1. The molecule has 0 aromatic carbocycles.